The zero-order valence-electron chi connectivity index (χ0n) is 17.4. The van der Waals surface area contributed by atoms with Gasteiger partial charge in [-0.25, -0.2) is 9.59 Å². The van der Waals surface area contributed by atoms with Crippen molar-refractivity contribution in [2.24, 2.45) is 0 Å². The number of ether oxygens (including phenoxy) is 2. The van der Waals surface area contributed by atoms with Gasteiger partial charge in [0.25, 0.3) is 0 Å². The van der Waals surface area contributed by atoms with Crippen molar-refractivity contribution in [1.82, 2.24) is 0 Å². The van der Waals surface area contributed by atoms with E-state index in [0.29, 0.717) is 0 Å². The molecule has 31 heavy (non-hydrogen) atoms. The Hall–Kier alpha value is -3.44. The summed E-state index contributed by atoms with van der Waals surface area (Å²) in [7, 11) is 0. The van der Waals surface area contributed by atoms with Gasteiger partial charge in [-0.3, -0.25) is 0 Å². The second kappa shape index (κ2) is 9.14. The lowest BCUT2D eigenvalue weighted by molar-refractivity contribution is 0.0479. The lowest BCUT2D eigenvalue weighted by Gasteiger charge is -2.10. The van der Waals surface area contributed by atoms with E-state index in [1.807, 2.05) is 60.7 Å². The highest BCUT2D eigenvalue weighted by atomic mass is 32.1. The van der Waals surface area contributed by atoms with Crippen molar-refractivity contribution in [2.45, 2.75) is 13.8 Å². The molecule has 3 aromatic carbocycles. The summed E-state index contributed by atoms with van der Waals surface area (Å²) in [4.78, 5) is 27.5. The Bertz CT molecular complexity index is 1130. The number of hydrogen-bond acceptors (Lipinski definition) is 5. The molecule has 156 valence electrons. The molecular weight excluding hydrogens is 408 g/mol. The van der Waals surface area contributed by atoms with Gasteiger partial charge in [-0.1, -0.05) is 60.7 Å². The molecule has 0 spiro atoms. The van der Waals surface area contributed by atoms with E-state index < -0.39 is 11.9 Å². The van der Waals surface area contributed by atoms with Crippen molar-refractivity contribution in [2.75, 3.05) is 13.2 Å². The van der Waals surface area contributed by atoms with E-state index in [1.165, 1.54) is 0 Å². The van der Waals surface area contributed by atoms with E-state index in [2.05, 4.69) is 0 Å². The van der Waals surface area contributed by atoms with Crippen molar-refractivity contribution < 1.29 is 19.1 Å². The number of carbonyl (C=O) groups excluding carboxylic acids is 2. The average molecular weight is 431 g/mol. The second-order valence-corrected chi connectivity index (χ2v) is 7.90. The molecule has 5 heteroatoms. The average Bonchev–Trinajstić information content (AvgIpc) is 3.18. The molecule has 0 aliphatic heterocycles. The fraction of sp³-hybridized carbons (Fsp3) is 0.154. The van der Waals surface area contributed by atoms with Crippen LogP contribution in [0.4, 0.5) is 0 Å². The van der Waals surface area contributed by atoms with Crippen LogP contribution in [-0.4, -0.2) is 25.2 Å². The van der Waals surface area contributed by atoms with E-state index in [1.54, 1.807) is 37.3 Å². The van der Waals surface area contributed by atoms with Gasteiger partial charge in [-0.15, -0.1) is 11.3 Å². The smallest absolute Gasteiger partial charge is 0.339 e. The molecule has 0 bridgehead atoms. The first-order chi connectivity index (χ1) is 15.1. The van der Waals surface area contributed by atoms with Crippen LogP contribution in [0.5, 0.6) is 0 Å². The minimum absolute atomic E-state index is 0.224. The van der Waals surface area contributed by atoms with Gasteiger partial charge in [-0.2, -0.15) is 0 Å². The summed E-state index contributed by atoms with van der Waals surface area (Å²) in [5, 5.41) is 1.82. The predicted octanol–water partition coefficient (Wildman–Crippen LogP) is 6.59. The fourth-order valence-corrected chi connectivity index (χ4v) is 4.82. The first-order valence-electron chi connectivity index (χ1n) is 10.2. The lowest BCUT2D eigenvalue weighted by Crippen LogP contribution is -2.14. The Labute approximate surface area is 185 Å². The number of benzene rings is 3. The van der Waals surface area contributed by atoms with Crippen LogP contribution in [0.1, 0.15) is 34.6 Å². The van der Waals surface area contributed by atoms with Gasteiger partial charge in [0.1, 0.15) is 0 Å². The number of thiophene rings is 1. The summed E-state index contributed by atoms with van der Waals surface area (Å²) in [6.45, 7) is 3.94. The highest BCUT2D eigenvalue weighted by molar-refractivity contribution is 7.21. The SMILES string of the molecule is CCOC(=O)c1cc2c(-c3ccccc3)sc(-c3ccccc3)c2cc1C(=O)OCC. The van der Waals surface area contributed by atoms with Crippen molar-refractivity contribution in [1.29, 1.82) is 0 Å². The maximum absolute atomic E-state index is 12.7. The summed E-state index contributed by atoms with van der Waals surface area (Å²) in [5.41, 5.74) is 2.56. The summed E-state index contributed by atoms with van der Waals surface area (Å²) in [6.07, 6.45) is 0. The molecule has 0 radical (unpaired) electrons. The standard InChI is InChI=1S/C26H22O4S/c1-3-29-25(27)21-15-19-20(16-22(21)26(28)30-4-2)24(18-13-9-6-10-14-18)31-23(19)17-11-7-5-8-12-17/h5-16H,3-4H2,1-2H3. The van der Waals surface area contributed by atoms with Crippen LogP contribution < -0.4 is 0 Å². The third-order valence-corrected chi connectivity index (χ3v) is 6.23. The number of esters is 2. The van der Waals surface area contributed by atoms with Gasteiger partial charge < -0.3 is 9.47 Å². The molecule has 1 heterocycles. The van der Waals surface area contributed by atoms with Gasteiger partial charge in [-0.05, 0) is 37.1 Å². The summed E-state index contributed by atoms with van der Waals surface area (Å²) in [6, 6.07) is 23.6. The molecular formula is C26H22O4S. The molecule has 0 saturated heterocycles. The van der Waals surface area contributed by atoms with Crippen LogP contribution in [0.25, 0.3) is 31.7 Å². The predicted molar refractivity (Wildman–Crippen MR) is 125 cm³/mol. The van der Waals surface area contributed by atoms with Gasteiger partial charge >= 0.3 is 11.9 Å². The maximum Gasteiger partial charge on any atom is 0.339 e. The molecule has 4 nitrogen and oxygen atoms in total. The second-order valence-electron chi connectivity index (χ2n) is 6.88. The first-order valence-corrected chi connectivity index (χ1v) is 11.0. The monoisotopic (exact) mass is 430 g/mol. The summed E-state index contributed by atoms with van der Waals surface area (Å²) < 4.78 is 10.5. The number of hydrogen-bond donors (Lipinski definition) is 0. The lowest BCUT2D eigenvalue weighted by atomic mass is 9.98. The molecule has 0 fully saturated rings. The van der Waals surface area contributed by atoms with Crippen molar-refractivity contribution in [3.05, 3.63) is 83.9 Å². The quantitative estimate of drug-likeness (QED) is 0.324. The molecule has 0 amide bonds. The Balaban J connectivity index is 2.04. The fourth-order valence-electron chi connectivity index (χ4n) is 3.55. The van der Waals surface area contributed by atoms with Crippen LogP contribution in [0, 0.1) is 0 Å². The molecule has 0 atom stereocenters. The molecule has 0 N–H and O–H groups in total. The zero-order valence-corrected chi connectivity index (χ0v) is 18.2. The largest absolute Gasteiger partial charge is 0.462 e. The van der Waals surface area contributed by atoms with Crippen LogP contribution >= 0.6 is 11.3 Å². The Morgan fingerprint density at radius 3 is 1.42 bits per heavy atom. The van der Waals surface area contributed by atoms with E-state index in [0.717, 1.165) is 31.7 Å². The van der Waals surface area contributed by atoms with Crippen LogP contribution in [0.3, 0.4) is 0 Å². The minimum atomic E-state index is -0.529. The van der Waals surface area contributed by atoms with Gasteiger partial charge in [0.15, 0.2) is 0 Å². The zero-order chi connectivity index (χ0) is 21.8. The third kappa shape index (κ3) is 4.09. The van der Waals surface area contributed by atoms with Crippen molar-refractivity contribution in [3.63, 3.8) is 0 Å². The molecule has 4 rings (SSSR count). The Morgan fingerprint density at radius 2 is 1.06 bits per heavy atom. The van der Waals surface area contributed by atoms with Crippen molar-refractivity contribution >= 4 is 34.0 Å². The van der Waals surface area contributed by atoms with Gasteiger partial charge in [0.2, 0.25) is 0 Å². The van der Waals surface area contributed by atoms with E-state index >= 15 is 0 Å². The Kier molecular flexibility index (Phi) is 6.14. The molecule has 0 aliphatic carbocycles. The molecule has 0 aliphatic rings. The van der Waals surface area contributed by atoms with Crippen LogP contribution in [-0.2, 0) is 9.47 Å². The van der Waals surface area contributed by atoms with E-state index in [-0.39, 0.29) is 24.3 Å². The third-order valence-electron chi connectivity index (χ3n) is 4.91. The summed E-state index contributed by atoms with van der Waals surface area (Å²) >= 11 is 1.64. The number of fused-ring (bicyclic) bond motifs is 1. The van der Waals surface area contributed by atoms with Gasteiger partial charge in [0.05, 0.1) is 24.3 Å². The molecule has 0 unspecified atom stereocenters. The summed E-state index contributed by atoms with van der Waals surface area (Å²) in [5.74, 6) is -1.06. The van der Waals surface area contributed by atoms with Crippen LogP contribution in [0.15, 0.2) is 72.8 Å². The minimum Gasteiger partial charge on any atom is -0.462 e. The van der Waals surface area contributed by atoms with E-state index in [9.17, 15) is 9.59 Å². The van der Waals surface area contributed by atoms with E-state index in [4.69, 9.17) is 9.47 Å². The molecule has 1 aromatic heterocycles. The van der Waals surface area contributed by atoms with Crippen molar-refractivity contribution in [3.8, 4) is 20.9 Å². The highest BCUT2D eigenvalue weighted by Crippen LogP contribution is 2.45. The van der Waals surface area contributed by atoms with Gasteiger partial charge in [0, 0.05) is 20.5 Å². The number of carbonyl (C=O) groups is 2. The Morgan fingerprint density at radius 1 is 0.677 bits per heavy atom. The first kappa shape index (κ1) is 20.8. The maximum atomic E-state index is 12.7. The molecule has 4 aromatic rings. The molecule has 0 saturated carbocycles. The number of rotatable bonds is 6. The topological polar surface area (TPSA) is 52.6 Å². The highest BCUT2D eigenvalue weighted by Gasteiger charge is 2.24. The normalized spacial score (nSPS) is 10.8. The van der Waals surface area contributed by atoms with Crippen LogP contribution in [0.2, 0.25) is 0 Å².